The number of thiazole rings is 1. The highest BCUT2D eigenvalue weighted by Crippen LogP contribution is 2.31. The van der Waals surface area contributed by atoms with Gasteiger partial charge in [0.2, 0.25) is 15.8 Å². The lowest BCUT2D eigenvalue weighted by molar-refractivity contribution is 0.103. The molecule has 7 nitrogen and oxygen atoms in total. The number of nitrogens with zero attached hydrogens (tertiary/aromatic N) is 1. The molecule has 28 heavy (non-hydrogen) atoms. The van der Waals surface area contributed by atoms with Crippen LogP contribution < -0.4 is 16.2 Å². The highest BCUT2D eigenvalue weighted by Gasteiger charge is 2.25. The number of nitrogens with two attached hydrogens (primary N) is 2. The minimum Gasteiger partial charge on any atom is -0.382 e. The van der Waals surface area contributed by atoms with Crippen molar-refractivity contribution in [1.29, 1.82) is 0 Å². The van der Waals surface area contributed by atoms with Crippen LogP contribution in [0.2, 0.25) is 0 Å². The second kappa shape index (κ2) is 7.22. The molecule has 0 radical (unpaired) electrons. The molecule has 0 aliphatic rings. The maximum absolute atomic E-state index is 13.8. The van der Waals surface area contributed by atoms with Crippen LogP contribution in [0.15, 0.2) is 41.3 Å². The third-order valence-electron chi connectivity index (χ3n) is 3.53. The Hall–Kier alpha value is -2.96. The number of ketones is 1. The summed E-state index contributed by atoms with van der Waals surface area (Å²) in [4.78, 5) is 16.0. The third kappa shape index (κ3) is 3.98. The lowest BCUT2D eigenvalue weighted by Gasteiger charge is -2.04. The third-order valence-corrected chi connectivity index (χ3v) is 5.44. The zero-order chi connectivity index (χ0) is 20.6. The van der Waals surface area contributed by atoms with Crippen LogP contribution in [-0.2, 0) is 10.0 Å². The van der Waals surface area contributed by atoms with E-state index in [4.69, 9.17) is 10.9 Å². The number of halogens is 3. The van der Waals surface area contributed by atoms with Crippen molar-refractivity contribution in [2.45, 2.75) is 4.90 Å². The molecular formula is C16H11F3N4O3S2. The van der Waals surface area contributed by atoms with Gasteiger partial charge in [0.25, 0.3) is 0 Å². The van der Waals surface area contributed by atoms with Crippen molar-refractivity contribution in [2.24, 2.45) is 5.14 Å². The number of carbonyl (C=O) groups excluding carboxylic acids is 1. The van der Waals surface area contributed by atoms with Crippen molar-refractivity contribution < 1.29 is 26.4 Å². The lowest BCUT2D eigenvalue weighted by atomic mass is 10.1. The number of hydrogen-bond donors (Lipinski definition) is 3. The zero-order valence-corrected chi connectivity index (χ0v) is 15.4. The number of rotatable bonds is 5. The topological polar surface area (TPSA) is 128 Å². The lowest BCUT2D eigenvalue weighted by Crippen LogP contribution is -2.11. The Labute approximate surface area is 160 Å². The van der Waals surface area contributed by atoms with Crippen molar-refractivity contribution in [3.05, 3.63) is 64.3 Å². The Morgan fingerprint density at radius 2 is 1.64 bits per heavy atom. The Kier molecular flexibility index (Phi) is 5.10. The van der Waals surface area contributed by atoms with Crippen molar-refractivity contribution >= 4 is 43.8 Å². The van der Waals surface area contributed by atoms with Crippen molar-refractivity contribution in [1.82, 2.24) is 4.98 Å². The molecule has 0 atom stereocenters. The molecule has 0 aliphatic heterocycles. The maximum Gasteiger partial charge on any atom is 0.238 e. The number of anilines is 3. The first-order valence-electron chi connectivity index (χ1n) is 7.41. The molecule has 3 rings (SSSR count). The first-order chi connectivity index (χ1) is 13.1. The van der Waals surface area contributed by atoms with E-state index in [1.54, 1.807) is 0 Å². The summed E-state index contributed by atoms with van der Waals surface area (Å²) in [6.45, 7) is 0. The van der Waals surface area contributed by atoms with E-state index in [0.29, 0.717) is 17.8 Å². The fourth-order valence-electron chi connectivity index (χ4n) is 2.27. The molecule has 0 saturated carbocycles. The first kappa shape index (κ1) is 19.8. The van der Waals surface area contributed by atoms with Gasteiger partial charge in [0.1, 0.15) is 28.1 Å². The maximum atomic E-state index is 13.8. The Bertz CT molecular complexity index is 1160. The van der Waals surface area contributed by atoms with Crippen molar-refractivity contribution in [3.63, 3.8) is 0 Å². The molecule has 3 aromatic rings. The van der Waals surface area contributed by atoms with Crippen LogP contribution in [0, 0.1) is 17.5 Å². The van der Waals surface area contributed by atoms with Gasteiger partial charge in [-0.3, -0.25) is 4.79 Å². The molecule has 1 aromatic heterocycles. The van der Waals surface area contributed by atoms with Gasteiger partial charge in [-0.2, -0.15) is 0 Å². The number of primary sulfonamides is 1. The van der Waals surface area contributed by atoms with E-state index < -0.39 is 38.8 Å². The summed E-state index contributed by atoms with van der Waals surface area (Å²) < 4.78 is 63.2. The molecule has 5 N–H and O–H groups in total. The smallest absolute Gasteiger partial charge is 0.238 e. The van der Waals surface area contributed by atoms with Crippen molar-refractivity contribution in [2.75, 3.05) is 11.1 Å². The van der Waals surface area contributed by atoms with E-state index in [1.807, 2.05) is 0 Å². The number of hydrogen-bond acceptors (Lipinski definition) is 7. The van der Waals surface area contributed by atoms with Gasteiger partial charge in [0.05, 0.1) is 10.5 Å². The minimum atomic E-state index is -3.85. The standard InChI is InChI=1S/C16H11F3N4O3S2/c17-7-5-10(18)12(11(19)6-7)13(24)14-15(20)23-16(27-14)22-8-1-3-9(4-2-8)28(21,25)26/h1-6H,20H2,(H,22,23)(H2,21,25,26). The summed E-state index contributed by atoms with van der Waals surface area (Å²) in [5, 5.41) is 7.91. The van der Waals surface area contributed by atoms with Gasteiger partial charge in [-0.15, -0.1) is 0 Å². The predicted molar refractivity (Wildman–Crippen MR) is 97.4 cm³/mol. The Morgan fingerprint density at radius 3 is 2.18 bits per heavy atom. The summed E-state index contributed by atoms with van der Waals surface area (Å²) in [5.41, 5.74) is 5.13. The molecule has 0 saturated heterocycles. The quantitative estimate of drug-likeness (QED) is 0.536. The molecule has 0 spiro atoms. The number of aromatic nitrogens is 1. The van der Waals surface area contributed by atoms with Crippen LogP contribution in [-0.4, -0.2) is 19.2 Å². The fourth-order valence-corrected chi connectivity index (χ4v) is 3.64. The monoisotopic (exact) mass is 428 g/mol. The Balaban J connectivity index is 1.89. The molecule has 146 valence electrons. The summed E-state index contributed by atoms with van der Waals surface area (Å²) in [7, 11) is -3.85. The van der Waals surface area contributed by atoms with E-state index in [0.717, 1.165) is 11.3 Å². The van der Waals surface area contributed by atoms with Crippen LogP contribution in [0.3, 0.4) is 0 Å². The highest BCUT2D eigenvalue weighted by atomic mass is 32.2. The largest absolute Gasteiger partial charge is 0.382 e. The summed E-state index contributed by atoms with van der Waals surface area (Å²) in [6, 6.07) is 6.09. The summed E-state index contributed by atoms with van der Waals surface area (Å²) in [5.74, 6) is -5.23. The van der Waals surface area contributed by atoms with Crippen LogP contribution in [0.4, 0.5) is 29.8 Å². The van der Waals surface area contributed by atoms with Gasteiger partial charge in [0.15, 0.2) is 5.13 Å². The fraction of sp³-hybridized carbons (Fsp3) is 0. The second-order valence-electron chi connectivity index (χ2n) is 5.50. The molecule has 1 heterocycles. The highest BCUT2D eigenvalue weighted by molar-refractivity contribution is 7.89. The number of benzene rings is 2. The average molecular weight is 428 g/mol. The first-order valence-corrected chi connectivity index (χ1v) is 9.78. The van der Waals surface area contributed by atoms with Crippen LogP contribution >= 0.6 is 11.3 Å². The molecule has 0 amide bonds. The zero-order valence-electron chi connectivity index (χ0n) is 13.7. The van der Waals surface area contributed by atoms with E-state index in [1.165, 1.54) is 24.3 Å². The summed E-state index contributed by atoms with van der Waals surface area (Å²) >= 11 is 0.722. The normalized spacial score (nSPS) is 11.4. The number of nitrogen functional groups attached to an aromatic ring is 1. The average Bonchev–Trinajstić information content (AvgIpc) is 2.93. The SMILES string of the molecule is Nc1nc(Nc2ccc(S(N)(=O)=O)cc2)sc1C(=O)c1c(F)cc(F)cc1F. The van der Waals surface area contributed by atoms with Crippen LogP contribution in [0.25, 0.3) is 0 Å². The molecule has 0 bridgehead atoms. The number of sulfonamides is 1. The van der Waals surface area contributed by atoms with Gasteiger partial charge in [-0.25, -0.2) is 31.7 Å². The van der Waals surface area contributed by atoms with Gasteiger partial charge in [-0.1, -0.05) is 11.3 Å². The van der Waals surface area contributed by atoms with Crippen molar-refractivity contribution in [3.8, 4) is 0 Å². The molecule has 0 fully saturated rings. The molecular weight excluding hydrogens is 417 g/mol. The number of nitrogens with one attached hydrogen (secondary N) is 1. The summed E-state index contributed by atoms with van der Waals surface area (Å²) in [6.07, 6.45) is 0. The minimum absolute atomic E-state index is 0.102. The molecule has 2 aromatic carbocycles. The predicted octanol–water partition coefficient (Wildman–Crippen LogP) is 2.76. The van der Waals surface area contributed by atoms with Gasteiger partial charge >= 0.3 is 0 Å². The van der Waals surface area contributed by atoms with E-state index in [-0.39, 0.29) is 20.7 Å². The van der Waals surface area contributed by atoms with E-state index in [2.05, 4.69) is 10.3 Å². The van der Waals surface area contributed by atoms with E-state index in [9.17, 15) is 26.4 Å². The molecule has 0 aliphatic carbocycles. The van der Waals surface area contributed by atoms with Gasteiger partial charge in [0, 0.05) is 17.8 Å². The van der Waals surface area contributed by atoms with Gasteiger partial charge in [-0.05, 0) is 24.3 Å². The number of carbonyl (C=O) groups is 1. The van der Waals surface area contributed by atoms with Gasteiger partial charge < -0.3 is 11.1 Å². The van der Waals surface area contributed by atoms with E-state index >= 15 is 0 Å². The Morgan fingerprint density at radius 1 is 1.07 bits per heavy atom. The second-order valence-corrected chi connectivity index (χ2v) is 8.06. The molecule has 0 unspecified atom stereocenters. The van der Waals surface area contributed by atoms with Crippen LogP contribution in [0.1, 0.15) is 15.2 Å². The van der Waals surface area contributed by atoms with Crippen LogP contribution in [0.5, 0.6) is 0 Å². The molecule has 12 heteroatoms.